The van der Waals surface area contributed by atoms with Gasteiger partial charge in [-0.15, -0.1) is 22.7 Å². The summed E-state index contributed by atoms with van der Waals surface area (Å²) in [4.78, 5) is 30.8. The molecule has 0 saturated carbocycles. The molecule has 0 saturated heterocycles. The average molecular weight is 450 g/mol. The van der Waals surface area contributed by atoms with Crippen LogP contribution < -0.4 is 10.6 Å². The molecule has 5 nitrogen and oxygen atoms in total. The number of carbonyl (C=O) groups is 2. The zero-order valence-electron chi connectivity index (χ0n) is 13.9. The summed E-state index contributed by atoms with van der Waals surface area (Å²) >= 11 is 6.39. The van der Waals surface area contributed by atoms with Crippen LogP contribution in [0.15, 0.2) is 46.3 Å². The quantitative estimate of drug-likeness (QED) is 0.572. The number of amides is 2. The van der Waals surface area contributed by atoms with Crippen molar-refractivity contribution in [1.82, 2.24) is 10.3 Å². The normalized spacial score (nSPS) is 10.5. The van der Waals surface area contributed by atoms with E-state index in [-0.39, 0.29) is 24.8 Å². The summed E-state index contributed by atoms with van der Waals surface area (Å²) < 4.78 is 0.911. The van der Waals surface area contributed by atoms with E-state index in [2.05, 4.69) is 31.5 Å². The number of hydrogen-bond acceptors (Lipinski definition) is 5. The summed E-state index contributed by atoms with van der Waals surface area (Å²) in [5, 5.41) is 8.01. The van der Waals surface area contributed by atoms with Crippen molar-refractivity contribution in [3.8, 4) is 10.6 Å². The van der Waals surface area contributed by atoms with Crippen molar-refractivity contribution in [1.29, 1.82) is 0 Å². The van der Waals surface area contributed by atoms with Crippen LogP contribution in [0.2, 0.25) is 0 Å². The van der Waals surface area contributed by atoms with E-state index in [1.165, 1.54) is 16.2 Å². The van der Waals surface area contributed by atoms with Crippen LogP contribution in [0.3, 0.4) is 0 Å². The van der Waals surface area contributed by atoms with Gasteiger partial charge < -0.3 is 10.6 Å². The number of carbonyl (C=O) groups excluding carboxylic acids is 2. The molecule has 2 N–H and O–H groups in total. The van der Waals surface area contributed by atoms with Gasteiger partial charge in [-0.05, 0) is 43.3 Å². The highest BCUT2D eigenvalue weighted by Gasteiger charge is 2.10. The lowest BCUT2D eigenvalue weighted by Gasteiger charge is -2.05. The number of thiazole rings is 1. The van der Waals surface area contributed by atoms with Crippen molar-refractivity contribution >= 4 is 55.5 Å². The van der Waals surface area contributed by atoms with Crippen LogP contribution in [0.5, 0.6) is 0 Å². The molecule has 2 amide bonds. The first-order chi connectivity index (χ1) is 12.5. The molecule has 0 unspecified atom stereocenters. The monoisotopic (exact) mass is 449 g/mol. The standard InChI is InChI=1S/C18H16BrN3O2S2/c1-11-2-7-15(26-11)14-10-25-18(21-14)22-16(23)8-9-20-17(24)12-3-5-13(19)6-4-12/h2-7,10H,8-9H2,1H3,(H,20,24)(H,21,22,23). The number of benzene rings is 1. The molecule has 2 heterocycles. The third-order valence-electron chi connectivity index (χ3n) is 3.49. The summed E-state index contributed by atoms with van der Waals surface area (Å²) in [5.41, 5.74) is 1.43. The second kappa shape index (κ2) is 8.57. The maximum absolute atomic E-state index is 12.0. The number of aromatic nitrogens is 1. The zero-order chi connectivity index (χ0) is 18.5. The molecule has 0 radical (unpaired) electrons. The summed E-state index contributed by atoms with van der Waals surface area (Å²) in [6.07, 6.45) is 0.190. The highest BCUT2D eigenvalue weighted by atomic mass is 79.9. The Hall–Kier alpha value is -2.03. The van der Waals surface area contributed by atoms with Crippen LogP contribution >= 0.6 is 38.6 Å². The van der Waals surface area contributed by atoms with Gasteiger partial charge in [0.15, 0.2) is 5.13 Å². The van der Waals surface area contributed by atoms with E-state index in [0.29, 0.717) is 10.7 Å². The zero-order valence-corrected chi connectivity index (χ0v) is 17.1. The number of nitrogens with zero attached hydrogens (tertiary/aromatic N) is 1. The SMILES string of the molecule is Cc1ccc(-c2csc(NC(=O)CCNC(=O)c3ccc(Br)cc3)n2)s1. The Morgan fingerprint density at radius 3 is 2.62 bits per heavy atom. The molecule has 0 aliphatic rings. The molecule has 0 aliphatic carbocycles. The second-order valence-electron chi connectivity index (χ2n) is 5.51. The van der Waals surface area contributed by atoms with Crippen molar-refractivity contribution in [2.75, 3.05) is 11.9 Å². The van der Waals surface area contributed by atoms with E-state index in [1.807, 2.05) is 24.4 Å². The van der Waals surface area contributed by atoms with Crippen LogP contribution in [0.4, 0.5) is 5.13 Å². The smallest absolute Gasteiger partial charge is 0.251 e. The summed E-state index contributed by atoms with van der Waals surface area (Å²) in [7, 11) is 0. The van der Waals surface area contributed by atoms with Gasteiger partial charge in [0, 0.05) is 33.3 Å². The Morgan fingerprint density at radius 2 is 1.92 bits per heavy atom. The minimum Gasteiger partial charge on any atom is -0.352 e. The fourth-order valence-corrected chi connectivity index (χ4v) is 4.09. The Balaban J connectivity index is 1.46. The Morgan fingerprint density at radius 1 is 1.15 bits per heavy atom. The first-order valence-electron chi connectivity index (χ1n) is 7.87. The van der Waals surface area contributed by atoms with Gasteiger partial charge in [0.2, 0.25) is 5.91 Å². The van der Waals surface area contributed by atoms with E-state index < -0.39 is 0 Å². The van der Waals surface area contributed by atoms with Gasteiger partial charge >= 0.3 is 0 Å². The highest BCUT2D eigenvalue weighted by molar-refractivity contribution is 9.10. The Kier molecular flexibility index (Phi) is 6.18. The predicted molar refractivity (Wildman–Crippen MR) is 110 cm³/mol. The number of anilines is 1. The van der Waals surface area contributed by atoms with E-state index in [0.717, 1.165) is 15.0 Å². The first kappa shape index (κ1) is 18.8. The number of thiophene rings is 1. The first-order valence-corrected chi connectivity index (χ1v) is 10.4. The van der Waals surface area contributed by atoms with Crippen molar-refractivity contribution in [2.24, 2.45) is 0 Å². The molecule has 0 bridgehead atoms. The second-order valence-corrected chi connectivity index (χ2v) is 8.57. The molecule has 0 aliphatic heterocycles. The van der Waals surface area contributed by atoms with Crippen LogP contribution in [-0.2, 0) is 4.79 Å². The third-order valence-corrected chi connectivity index (χ3v) is 5.80. The molecule has 3 aromatic rings. The van der Waals surface area contributed by atoms with E-state index in [4.69, 9.17) is 0 Å². The van der Waals surface area contributed by atoms with E-state index in [9.17, 15) is 9.59 Å². The maximum atomic E-state index is 12.0. The lowest BCUT2D eigenvalue weighted by Crippen LogP contribution is -2.27. The van der Waals surface area contributed by atoms with Gasteiger partial charge in [-0.25, -0.2) is 4.98 Å². The van der Waals surface area contributed by atoms with Crippen molar-refractivity contribution < 1.29 is 9.59 Å². The number of aryl methyl sites for hydroxylation is 1. The minimum atomic E-state index is -0.199. The molecule has 134 valence electrons. The summed E-state index contributed by atoms with van der Waals surface area (Å²) in [5.74, 6) is -0.376. The number of halogens is 1. The maximum Gasteiger partial charge on any atom is 0.251 e. The van der Waals surface area contributed by atoms with Crippen LogP contribution in [0.1, 0.15) is 21.7 Å². The number of hydrogen-bond donors (Lipinski definition) is 2. The van der Waals surface area contributed by atoms with Gasteiger partial charge in [0.25, 0.3) is 5.91 Å². The lowest BCUT2D eigenvalue weighted by atomic mass is 10.2. The van der Waals surface area contributed by atoms with E-state index in [1.54, 1.807) is 35.6 Å². The molecule has 0 spiro atoms. The highest BCUT2D eigenvalue weighted by Crippen LogP contribution is 2.30. The predicted octanol–water partition coefficient (Wildman–Crippen LogP) is 4.70. The van der Waals surface area contributed by atoms with Gasteiger partial charge in [-0.1, -0.05) is 15.9 Å². The summed E-state index contributed by atoms with van der Waals surface area (Å²) in [6.45, 7) is 2.31. The number of rotatable bonds is 6. The molecule has 2 aromatic heterocycles. The lowest BCUT2D eigenvalue weighted by molar-refractivity contribution is -0.116. The number of nitrogens with one attached hydrogen (secondary N) is 2. The third kappa shape index (κ3) is 5.00. The molecule has 3 rings (SSSR count). The van der Waals surface area contributed by atoms with Gasteiger partial charge in [-0.2, -0.15) is 0 Å². The molecule has 8 heteroatoms. The Bertz CT molecular complexity index is 919. The minimum absolute atomic E-state index is 0.177. The topological polar surface area (TPSA) is 71.1 Å². The van der Waals surface area contributed by atoms with Crippen molar-refractivity contribution in [2.45, 2.75) is 13.3 Å². The van der Waals surface area contributed by atoms with E-state index >= 15 is 0 Å². The molecule has 1 aromatic carbocycles. The molecule has 26 heavy (non-hydrogen) atoms. The fourth-order valence-electron chi connectivity index (χ4n) is 2.19. The van der Waals surface area contributed by atoms with Gasteiger partial charge in [-0.3, -0.25) is 9.59 Å². The van der Waals surface area contributed by atoms with Crippen LogP contribution in [-0.4, -0.2) is 23.3 Å². The molecule has 0 atom stereocenters. The molecular weight excluding hydrogens is 434 g/mol. The molecular formula is C18H16BrN3O2S2. The van der Waals surface area contributed by atoms with Gasteiger partial charge in [0.1, 0.15) is 0 Å². The van der Waals surface area contributed by atoms with Gasteiger partial charge in [0.05, 0.1) is 10.6 Å². The van der Waals surface area contributed by atoms with Crippen LogP contribution in [0.25, 0.3) is 10.6 Å². The average Bonchev–Trinajstić information content (AvgIpc) is 3.24. The largest absolute Gasteiger partial charge is 0.352 e. The molecule has 0 fully saturated rings. The van der Waals surface area contributed by atoms with Crippen molar-refractivity contribution in [3.05, 3.63) is 56.7 Å². The van der Waals surface area contributed by atoms with Crippen LogP contribution in [0, 0.1) is 6.92 Å². The Labute approximate surface area is 167 Å². The van der Waals surface area contributed by atoms with Crippen molar-refractivity contribution in [3.63, 3.8) is 0 Å². The fraction of sp³-hybridized carbons (Fsp3) is 0.167. The summed E-state index contributed by atoms with van der Waals surface area (Å²) in [6, 6.07) is 11.1.